The number of rotatable bonds is 7. The number of likely N-dealkylation sites (tertiary alicyclic amines) is 1. The molecule has 2 heterocycles. The topological polar surface area (TPSA) is 59.1 Å². The van der Waals surface area contributed by atoms with Crippen LogP contribution in [-0.2, 0) is 13.5 Å². The molecular weight excluding hydrogens is 415 g/mol. The molecule has 1 aromatic carbocycles. The predicted molar refractivity (Wildman–Crippen MR) is 126 cm³/mol. The van der Waals surface area contributed by atoms with Gasteiger partial charge in [-0.15, -0.1) is 12.8 Å². The SMILES string of the molecule is C#C.C=C(Cc1cc(-c2cnn(C)c2)cc(F)c1N)NC1CCN(CC(F)F)CC1.CC. The molecule has 3 rings (SSSR count). The minimum absolute atomic E-state index is 0.113. The Hall–Kier alpha value is -2.92. The van der Waals surface area contributed by atoms with Crippen LogP contribution in [0.15, 0.2) is 36.8 Å². The van der Waals surface area contributed by atoms with Gasteiger partial charge in [0.15, 0.2) is 0 Å². The van der Waals surface area contributed by atoms with E-state index in [1.165, 1.54) is 6.07 Å². The van der Waals surface area contributed by atoms with Gasteiger partial charge in [-0.3, -0.25) is 9.58 Å². The number of hydrogen-bond acceptors (Lipinski definition) is 4. The normalized spacial score (nSPS) is 14.2. The molecule has 8 heteroatoms. The number of piperidine rings is 1. The molecule has 0 aliphatic carbocycles. The van der Waals surface area contributed by atoms with Gasteiger partial charge in [0.2, 0.25) is 0 Å². The standard InChI is InChI=1S/C20H26F3N5.C2H6.C2H2/c1-13(26-17-3-5-28(6-4-17)12-19(22)23)7-15-8-14(9-18(21)20(15)24)16-10-25-27(2)11-16;2*1-2/h8-11,17,19,26H,1,3-7,12,24H2,2H3;1-2H3;1-2H. The highest BCUT2D eigenvalue weighted by molar-refractivity contribution is 5.67. The molecule has 0 saturated carbocycles. The van der Waals surface area contributed by atoms with Crippen LogP contribution in [-0.4, -0.2) is 46.8 Å². The molecule has 1 aliphatic rings. The van der Waals surface area contributed by atoms with Crippen LogP contribution in [0, 0.1) is 18.7 Å². The number of benzene rings is 1. The Morgan fingerprint density at radius 1 is 1.25 bits per heavy atom. The first-order valence-corrected chi connectivity index (χ1v) is 10.7. The number of halogens is 3. The number of terminal acetylenes is 1. The summed E-state index contributed by atoms with van der Waals surface area (Å²) in [6, 6.07) is 3.44. The van der Waals surface area contributed by atoms with Crippen LogP contribution in [0.25, 0.3) is 11.1 Å². The second-order valence-electron chi connectivity index (χ2n) is 7.32. The van der Waals surface area contributed by atoms with Crippen molar-refractivity contribution in [2.45, 2.75) is 45.6 Å². The monoisotopic (exact) mass is 449 g/mol. The van der Waals surface area contributed by atoms with Crippen molar-refractivity contribution in [3.63, 3.8) is 0 Å². The van der Waals surface area contributed by atoms with Gasteiger partial charge >= 0.3 is 0 Å². The summed E-state index contributed by atoms with van der Waals surface area (Å²) >= 11 is 0. The molecule has 176 valence electrons. The largest absolute Gasteiger partial charge is 0.396 e. The Bertz CT molecular complexity index is 868. The van der Waals surface area contributed by atoms with E-state index < -0.39 is 12.2 Å². The number of hydrogen-bond donors (Lipinski definition) is 2. The fourth-order valence-corrected chi connectivity index (χ4v) is 3.58. The summed E-state index contributed by atoms with van der Waals surface area (Å²) in [4.78, 5) is 1.77. The highest BCUT2D eigenvalue weighted by atomic mass is 19.3. The van der Waals surface area contributed by atoms with Gasteiger partial charge in [-0.2, -0.15) is 5.10 Å². The number of aryl methyl sites for hydroxylation is 1. The summed E-state index contributed by atoms with van der Waals surface area (Å²) in [5.74, 6) is -0.468. The van der Waals surface area contributed by atoms with Crippen LogP contribution < -0.4 is 11.1 Å². The molecule has 0 radical (unpaired) electrons. The summed E-state index contributed by atoms with van der Waals surface area (Å²) in [5.41, 5.74) is 8.97. The molecule has 32 heavy (non-hydrogen) atoms. The van der Waals surface area contributed by atoms with E-state index in [2.05, 4.69) is 29.8 Å². The maximum Gasteiger partial charge on any atom is 0.251 e. The third-order valence-corrected chi connectivity index (χ3v) is 5.05. The van der Waals surface area contributed by atoms with Crippen LogP contribution in [0.2, 0.25) is 0 Å². The predicted octanol–water partition coefficient (Wildman–Crippen LogP) is 4.46. The Morgan fingerprint density at radius 3 is 2.41 bits per heavy atom. The molecule has 1 aromatic heterocycles. The minimum Gasteiger partial charge on any atom is -0.396 e. The van der Waals surface area contributed by atoms with E-state index in [0.29, 0.717) is 30.6 Å². The average molecular weight is 450 g/mol. The highest BCUT2D eigenvalue weighted by Gasteiger charge is 2.21. The third kappa shape index (κ3) is 7.97. The Kier molecular flexibility index (Phi) is 11.4. The van der Waals surface area contributed by atoms with Crippen molar-refractivity contribution >= 4 is 5.69 Å². The van der Waals surface area contributed by atoms with Crippen molar-refractivity contribution in [2.24, 2.45) is 7.05 Å². The van der Waals surface area contributed by atoms with Gasteiger partial charge in [-0.05, 0) is 36.1 Å². The van der Waals surface area contributed by atoms with E-state index in [0.717, 1.165) is 24.1 Å². The van der Waals surface area contributed by atoms with E-state index in [9.17, 15) is 13.2 Å². The van der Waals surface area contributed by atoms with Gasteiger partial charge in [-0.25, -0.2) is 13.2 Å². The molecule has 3 N–H and O–H groups in total. The van der Waals surface area contributed by atoms with Crippen LogP contribution in [0.3, 0.4) is 0 Å². The number of nitrogens with one attached hydrogen (secondary N) is 1. The Labute approximate surface area is 189 Å². The van der Waals surface area contributed by atoms with Gasteiger partial charge in [0.25, 0.3) is 6.43 Å². The van der Waals surface area contributed by atoms with Gasteiger partial charge in [0.1, 0.15) is 5.82 Å². The maximum absolute atomic E-state index is 14.3. The zero-order chi connectivity index (χ0) is 24.3. The summed E-state index contributed by atoms with van der Waals surface area (Å²) in [5, 5.41) is 7.47. The first-order valence-electron chi connectivity index (χ1n) is 10.7. The van der Waals surface area contributed by atoms with Crippen molar-refractivity contribution in [2.75, 3.05) is 25.4 Å². The fourth-order valence-electron chi connectivity index (χ4n) is 3.58. The van der Waals surface area contributed by atoms with Crippen LogP contribution >= 0.6 is 0 Å². The highest BCUT2D eigenvalue weighted by Crippen LogP contribution is 2.27. The van der Waals surface area contributed by atoms with Crippen molar-refractivity contribution in [1.82, 2.24) is 20.0 Å². The van der Waals surface area contributed by atoms with Crippen molar-refractivity contribution in [1.29, 1.82) is 0 Å². The molecular formula is C24H34F3N5. The summed E-state index contributed by atoms with van der Waals surface area (Å²) in [7, 11) is 1.80. The van der Waals surface area contributed by atoms with E-state index in [1.807, 2.05) is 26.1 Å². The summed E-state index contributed by atoms with van der Waals surface area (Å²) < 4.78 is 40.9. The quantitative estimate of drug-likeness (QED) is 0.484. The second kappa shape index (κ2) is 13.5. The first-order chi connectivity index (χ1) is 15.3. The molecule has 1 fully saturated rings. The summed E-state index contributed by atoms with van der Waals surface area (Å²) in [6.07, 6.45) is 11.1. The lowest BCUT2D eigenvalue weighted by atomic mass is 9.99. The molecule has 0 amide bonds. The zero-order valence-electron chi connectivity index (χ0n) is 19.1. The lowest BCUT2D eigenvalue weighted by molar-refractivity contribution is 0.0738. The molecule has 2 aromatic rings. The molecule has 0 spiro atoms. The molecule has 1 saturated heterocycles. The third-order valence-electron chi connectivity index (χ3n) is 5.05. The van der Waals surface area contributed by atoms with Crippen molar-refractivity contribution in [3.8, 4) is 24.0 Å². The number of nitrogens with two attached hydrogens (primary N) is 1. The van der Waals surface area contributed by atoms with E-state index in [4.69, 9.17) is 5.73 Å². The molecule has 5 nitrogen and oxygen atoms in total. The number of anilines is 1. The van der Waals surface area contributed by atoms with Crippen molar-refractivity contribution < 1.29 is 13.2 Å². The minimum atomic E-state index is -2.30. The number of nitrogen functional groups attached to an aromatic ring is 1. The van der Waals surface area contributed by atoms with Crippen LogP contribution in [0.5, 0.6) is 0 Å². The van der Waals surface area contributed by atoms with E-state index in [-0.39, 0.29) is 18.3 Å². The molecule has 0 unspecified atom stereocenters. The lowest BCUT2D eigenvalue weighted by Crippen LogP contribution is -2.43. The summed E-state index contributed by atoms with van der Waals surface area (Å²) in [6.45, 7) is 9.13. The maximum atomic E-state index is 14.3. The fraction of sp³-hybridized carbons (Fsp3) is 0.458. The molecule has 1 aliphatic heterocycles. The van der Waals surface area contributed by atoms with Gasteiger partial charge in [0, 0.05) is 50.1 Å². The number of alkyl halides is 2. The number of allylic oxidation sites excluding steroid dienone is 1. The van der Waals surface area contributed by atoms with Gasteiger partial charge in [-0.1, -0.05) is 20.4 Å². The van der Waals surface area contributed by atoms with Crippen LogP contribution in [0.4, 0.5) is 18.9 Å². The first kappa shape index (κ1) is 27.1. The number of aromatic nitrogens is 2. The Balaban J connectivity index is 0.00000121. The number of nitrogens with zero attached hydrogens (tertiary/aromatic N) is 3. The van der Waals surface area contributed by atoms with E-state index >= 15 is 0 Å². The van der Waals surface area contributed by atoms with E-state index in [1.54, 1.807) is 22.8 Å². The molecule has 0 bridgehead atoms. The van der Waals surface area contributed by atoms with Gasteiger partial charge in [0.05, 0.1) is 18.4 Å². The van der Waals surface area contributed by atoms with Crippen LogP contribution in [0.1, 0.15) is 32.3 Å². The smallest absolute Gasteiger partial charge is 0.251 e. The zero-order valence-corrected chi connectivity index (χ0v) is 19.1. The lowest BCUT2D eigenvalue weighted by Gasteiger charge is -2.33. The Morgan fingerprint density at radius 2 is 1.88 bits per heavy atom. The molecule has 0 atom stereocenters. The average Bonchev–Trinajstić information content (AvgIpc) is 3.21. The second-order valence-corrected chi connectivity index (χ2v) is 7.32. The van der Waals surface area contributed by atoms with Gasteiger partial charge < -0.3 is 11.1 Å². The van der Waals surface area contributed by atoms with Crippen molar-refractivity contribution in [3.05, 3.63) is 48.2 Å².